The average molecular weight is 389 g/mol. The van der Waals surface area contributed by atoms with E-state index in [-0.39, 0.29) is 11.9 Å². The first-order valence-electron chi connectivity index (χ1n) is 9.43. The highest BCUT2D eigenvalue weighted by Crippen LogP contribution is 2.22. The van der Waals surface area contributed by atoms with E-state index in [4.69, 9.17) is 0 Å². The fourth-order valence-corrected chi connectivity index (χ4v) is 3.51. The predicted molar refractivity (Wildman–Crippen MR) is 113 cm³/mol. The maximum absolute atomic E-state index is 12.6. The molecule has 0 bridgehead atoms. The zero-order valence-corrected chi connectivity index (χ0v) is 16.7. The number of hydrogen-bond acceptors (Lipinski definition) is 3. The minimum absolute atomic E-state index is 0.126. The molecule has 0 saturated heterocycles. The Hall–Kier alpha value is -3.61. The van der Waals surface area contributed by atoms with Gasteiger partial charge in [0.05, 0.1) is 13.1 Å². The molecule has 3 aromatic rings. The van der Waals surface area contributed by atoms with Crippen molar-refractivity contribution in [2.45, 2.75) is 20.0 Å². The summed E-state index contributed by atoms with van der Waals surface area (Å²) in [4.78, 5) is 30.1. The number of amides is 3. The molecule has 0 atom stereocenters. The number of pyridine rings is 1. The van der Waals surface area contributed by atoms with E-state index in [1.165, 1.54) is 0 Å². The number of nitrogens with one attached hydrogen (secondary N) is 2. The van der Waals surface area contributed by atoms with Gasteiger partial charge in [-0.05, 0) is 42.1 Å². The van der Waals surface area contributed by atoms with Gasteiger partial charge in [0, 0.05) is 42.6 Å². The lowest BCUT2D eigenvalue weighted by atomic mass is 10.1. The highest BCUT2D eigenvalue weighted by molar-refractivity contribution is 5.97. The van der Waals surface area contributed by atoms with Gasteiger partial charge in [-0.15, -0.1) is 0 Å². The van der Waals surface area contributed by atoms with Gasteiger partial charge < -0.3 is 14.8 Å². The first-order valence-corrected chi connectivity index (χ1v) is 9.43. The molecule has 3 heterocycles. The van der Waals surface area contributed by atoms with Crippen molar-refractivity contribution < 1.29 is 9.59 Å². The molecule has 0 saturated carbocycles. The number of anilines is 1. The minimum atomic E-state index is -0.169. The standard InChI is InChI=1S/C22H23N5O2/c1-14(8-15-9-17-13-26(2)22(29)25-20(17)23-11-15)21(28)24-12-18-10-16-6-4-5-7-19(16)27(18)3/h4-11H,12-13H2,1-3H3,(H,24,28)(H,23,25,29). The molecule has 29 heavy (non-hydrogen) atoms. The number of fused-ring (bicyclic) bond motifs is 2. The summed E-state index contributed by atoms with van der Waals surface area (Å²) in [5.41, 5.74) is 4.52. The summed E-state index contributed by atoms with van der Waals surface area (Å²) < 4.78 is 2.09. The smallest absolute Gasteiger partial charge is 0.323 e. The van der Waals surface area contributed by atoms with Crippen molar-refractivity contribution in [1.82, 2.24) is 19.8 Å². The topological polar surface area (TPSA) is 79.3 Å². The van der Waals surface area contributed by atoms with Crippen LogP contribution >= 0.6 is 0 Å². The molecule has 0 spiro atoms. The van der Waals surface area contributed by atoms with Crippen LogP contribution in [0.5, 0.6) is 0 Å². The van der Waals surface area contributed by atoms with E-state index in [0.717, 1.165) is 27.7 Å². The molecule has 0 aliphatic carbocycles. The van der Waals surface area contributed by atoms with Gasteiger partial charge in [-0.3, -0.25) is 10.1 Å². The first kappa shape index (κ1) is 18.7. The second kappa shape index (κ2) is 7.43. The lowest BCUT2D eigenvalue weighted by molar-refractivity contribution is -0.117. The van der Waals surface area contributed by atoms with Crippen LogP contribution in [-0.4, -0.2) is 33.4 Å². The van der Waals surface area contributed by atoms with Gasteiger partial charge in [-0.1, -0.05) is 18.2 Å². The Bertz CT molecular complexity index is 1150. The molecule has 2 N–H and O–H groups in total. The van der Waals surface area contributed by atoms with E-state index < -0.39 is 0 Å². The van der Waals surface area contributed by atoms with Crippen molar-refractivity contribution in [2.24, 2.45) is 7.05 Å². The van der Waals surface area contributed by atoms with E-state index in [9.17, 15) is 9.59 Å². The number of hydrogen-bond donors (Lipinski definition) is 2. The van der Waals surface area contributed by atoms with Crippen LogP contribution in [0.15, 0.2) is 48.2 Å². The third kappa shape index (κ3) is 3.71. The van der Waals surface area contributed by atoms with Crippen LogP contribution in [0.4, 0.5) is 10.6 Å². The maximum Gasteiger partial charge on any atom is 0.323 e. The number of para-hydroxylation sites is 1. The van der Waals surface area contributed by atoms with E-state index in [2.05, 4.69) is 38.4 Å². The van der Waals surface area contributed by atoms with Gasteiger partial charge in [0.2, 0.25) is 5.91 Å². The van der Waals surface area contributed by atoms with E-state index in [0.29, 0.717) is 24.5 Å². The normalized spacial score (nSPS) is 14.0. The summed E-state index contributed by atoms with van der Waals surface area (Å²) >= 11 is 0. The first-order chi connectivity index (χ1) is 13.9. The second-order valence-electron chi connectivity index (χ2n) is 7.33. The highest BCUT2D eigenvalue weighted by atomic mass is 16.2. The van der Waals surface area contributed by atoms with Gasteiger partial charge in [-0.2, -0.15) is 0 Å². The van der Waals surface area contributed by atoms with Crippen molar-refractivity contribution >= 4 is 34.7 Å². The van der Waals surface area contributed by atoms with Crippen molar-refractivity contribution in [3.63, 3.8) is 0 Å². The van der Waals surface area contributed by atoms with Crippen LogP contribution in [0.1, 0.15) is 23.7 Å². The number of carbonyl (C=O) groups is 2. The molecule has 0 fully saturated rings. The molecule has 0 unspecified atom stereocenters. The molecule has 4 rings (SSSR count). The van der Waals surface area contributed by atoms with Crippen molar-refractivity contribution in [3.05, 3.63) is 65.0 Å². The number of nitrogens with zero attached hydrogens (tertiary/aromatic N) is 3. The Balaban J connectivity index is 1.46. The summed E-state index contributed by atoms with van der Waals surface area (Å²) in [5, 5.41) is 6.88. The summed E-state index contributed by atoms with van der Waals surface area (Å²) in [6.07, 6.45) is 3.46. The summed E-state index contributed by atoms with van der Waals surface area (Å²) in [5.74, 6) is 0.446. The molecule has 3 amide bonds. The van der Waals surface area contributed by atoms with Gasteiger partial charge in [0.1, 0.15) is 5.82 Å². The van der Waals surface area contributed by atoms with Crippen molar-refractivity contribution in [3.8, 4) is 0 Å². The Labute approximate surface area is 169 Å². The van der Waals surface area contributed by atoms with Crippen molar-refractivity contribution in [2.75, 3.05) is 12.4 Å². The number of carbonyl (C=O) groups excluding carboxylic acids is 2. The molecule has 1 aliphatic rings. The van der Waals surface area contributed by atoms with Crippen molar-refractivity contribution in [1.29, 1.82) is 0 Å². The number of aryl methyl sites for hydroxylation is 1. The summed E-state index contributed by atoms with van der Waals surface area (Å²) in [6.45, 7) is 2.72. The molecule has 2 aromatic heterocycles. The van der Waals surface area contributed by atoms with Crippen LogP contribution in [0.2, 0.25) is 0 Å². The molecular formula is C22H23N5O2. The number of urea groups is 1. The Kier molecular flexibility index (Phi) is 4.80. The Morgan fingerprint density at radius 2 is 2.07 bits per heavy atom. The van der Waals surface area contributed by atoms with E-state index >= 15 is 0 Å². The Morgan fingerprint density at radius 1 is 1.28 bits per heavy atom. The van der Waals surface area contributed by atoms with Crippen LogP contribution in [0.3, 0.4) is 0 Å². The second-order valence-corrected chi connectivity index (χ2v) is 7.33. The van der Waals surface area contributed by atoms with E-state index in [1.54, 1.807) is 31.1 Å². The summed E-state index contributed by atoms with van der Waals surface area (Å²) in [6, 6.07) is 12.0. The largest absolute Gasteiger partial charge is 0.347 e. The fourth-order valence-electron chi connectivity index (χ4n) is 3.51. The maximum atomic E-state index is 12.6. The average Bonchev–Trinajstić information content (AvgIpc) is 3.03. The quantitative estimate of drug-likeness (QED) is 0.672. The summed E-state index contributed by atoms with van der Waals surface area (Å²) in [7, 11) is 3.73. The third-order valence-electron chi connectivity index (χ3n) is 5.19. The van der Waals surface area contributed by atoms with Gasteiger partial charge in [0.15, 0.2) is 0 Å². The zero-order chi connectivity index (χ0) is 20.5. The zero-order valence-electron chi connectivity index (χ0n) is 16.7. The molecule has 7 nitrogen and oxygen atoms in total. The molecule has 1 aromatic carbocycles. The van der Waals surface area contributed by atoms with Crippen LogP contribution in [0.25, 0.3) is 17.0 Å². The number of aromatic nitrogens is 2. The van der Waals surface area contributed by atoms with Gasteiger partial charge in [0.25, 0.3) is 0 Å². The number of rotatable bonds is 4. The number of benzene rings is 1. The predicted octanol–water partition coefficient (Wildman–Crippen LogP) is 3.27. The molecule has 7 heteroatoms. The lowest BCUT2D eigenvalue weighted by Gasteiger charge is -2.25. The fraction of sp³-hybridized carbons (Fsp3) is 0.227. The molecule has 148 valence electrons. The third-order valence-corrected chi connectivity index (χ3v) is 5.19. The molecule has 1 aliphatic heterocycles. The van der Waals surface area contributed by atoms with E-state index in [1.807, 2.05) is 25.2 Å². The monoisotopic (exact) mass is 389 g/mol. The Morgan fingerprint density at radius 3 is 2.86 bits per heavy atom. The highest BCUT2D eigenvalue weighted by Gasteiger charge is 2.20. The van der Waals surface area contributed by atoms with Crippen LogP contribution in [0, 0.1) is 0 Å². The van der Waals surface area contributed by atoms with Crippen LogP contribution < -0.4 is 10.6 Å². The van der Waals surface area contributed by atoms with Crippen LogP contribution in [-0.2, 0) is 24.9 Å². The van der Waals surface area contributed by atoms with Gasteiger partial charge in [-0.25, -0.2) is 9.78 Å². The molecular weight excluding hydrogens is 366 g/mol. The SMILES string of the molecule is CC(=Cc1cnc2c(c1)CN(C)C(=O)N2)C(=O)NCc1cc2ccccc2n1C. The van der Waals surface area contributed by atoms with Gasteiger partial charge >= 0.3 is 6.03 Å². The minimum Gasteiger partial charge on any atom is -0.347 e. The molecule has 0 radical (unpaired) electrons. The lowest BCUT2D eigenvalue weighted by Crippen LogP contribution is -2.35.